The van der Waals surface area contributed by atoms with E-state index in [0.29, 0.717) is 5.57 Å². The third kappa shape index (κ3) is 3.25. The zero-order valence-electron chi connectivity index (χ0n) is 15.1. The van der Waals surface area contributed by atoms with Gasteiger partial charge in [0.05, 0.1) is 11.2 Å². The second-order valence-corrected chi connectivity index (χ2v) is 8.81. The van der Waals surface area contributed by atoms with Crippen LogP contribution in [-0.2, 0) is 14.1 Å². The van der Waals surface area contributed by atoms with E-state index in [4.69, 9.17) is 9.31 Å². The van der Waals surface area contributed by atoms with Crippen molar-refractivity contribution in [2.45, 2.75) is 62.4 Å². The number of carboxylic acids is 1. The van der Waals surface area contributed by atoms with Gasteiger partial charge >= 0.3 is 13.1 Å². The molecule has 0 saturated carbocycles. The summed E-state index contributed by atoms with van der Waals surface area (Å²) in [6, 6.07) is 5.64. The average molecular weight is 364 g/mol. The number of carboxylic acid groups (broad SMARTS) is 1. The van der Waals surface area contributed by atoms with Crippen molar-refractivity contribution in [1.29, 1.82) is 0 Å². The number of fused-ring (bicyclic) bond motifs is 1. The number of thioether (sulfide) groups is 1. The normalized spacial score (nSPS) is 26.3. The van der Waals surface area contributed by atoms with E-state index in [-0.39, 0.29) is 6.42 Å². The number of hydrogen-bond donors (Lipinski definition) is 1. The molecule has 1 atom stereocenters. The number of halogens is 1. The summed E-state index contributed by atoms with van der Waals surface area (Å²) in [7, 11) is -1.12. The summed E-state index contributed by atoms with van der Waals surface area (Å²) < 4.78 is 27.0. The molecule has 7 heteroatoms. The first-order valence-corrected chi connectivity index (χ1v) is 9.14. The lowest BCUT2D eigenvalue weighted by molar-refractivity contribution is -0.136. The second-order valence-electron chi connectivity index (χ2n) is 7.56. The minimum atomic E-state index is -1.12. The number of aryl methyl sites for hydroxylation is 1. The molecule has 2 heterocycles. The van der Waals surface area contributed by atoms with Gasteiger partial charge in [0.25, 0.3) is 0 Å². The smallest absolute Gasteiger partial charge is 0.480 e. The summed E-state index contributed by atoms with van der Waals surface area (Å²) in [5, 5.41) is 8.70. The maximum Gasteiger partial charge on any atom is 0.525 e. The van der Waals surface area contributed by atoms with Crippen LogP contribution in [0.15, 0.2) is 28.8 Å². The predicted octanol–water partition coefficient (Wildman–Crippen LogP) is 4.26. The zero-order valence-corrected chi connectivity index (χ0v) is 15.9. The maximum atomic E-state index is 15.4. The van der Waals surface area contributed by atoms with Crippen molar-refractivity contribution in [1.82, 2.24) is 0 Å². The predicted molar refractivity (Wildman–Crippen MR) is 97.2 cm³/mol. The third-order valence-electron chi connectivity index (χ3n) is 5.14. The van der Waals surface area contributed by atoms with Gasteiger partial charge in [0.1, 0.15) is 11.0 Å². The number of carbonyl (C=O) groups is 1. The Bertz CT molecular complexity index is 743. The van der Waals surface area contributed by atoms with Crippen LogP contribution in [0.2, 0.25) is 0 Å². The van der Waals surface area contributed by atoms with Gasteiger partial charge in [0, 0.05) is 4.90 Å². The van der Waals surface area contributed by atoms with Gasteiger partial charge in [-0.3, -0.25) is 4.79 Å². The van der Waals surface area contributed by atoms with E-state index in [2.05, 4.69) is 0 Å². The molecule has 0 aromatic heterocycles. The van der Waals surface area contributed by atoms with Gasteiger partial charge in [0.2, 0.25) is 0 Å². The maximum absolute atomic E-state index is 15.4. The van der Waals surface area contributed by atoms with Crippen molar-refractivity contribution >= 4 is 30.4 Å². The van der Waals surface area contributed by atoms with E-state index in [1.165, 1.54) is 11.8 Å². The molecule has 1 unspecified atom stereocenters. The largest absolute Gasteiger partial charge is 0.525 e. The summed E-state index contributed by atoms with van der Waals surface area (Å²) in [6.45, 7) is 9.37. The highest BCUT2D eigenvalue weighted by Gasteiger charge is 2.54. The van der Waals surface area contributed by atoms with Crippen molar-refractivity contribution in [2.24, 2.45) is 0 Å². The van der Waals surface area contributed by atoms with E-state index in [1.807, 2.05) is 52.8 Å². The molecule has 2 aliphatic rings. The van der Waals surface area contributed by atoms with Gasteiger partial charge in [-0.15, -0.1) is 11.8 Å². The van der Waals surface area contributed by atoms with Crippen molar-refractivity contribution in [3.05, 3.63) is 35.1 Å². The average Bonchev–Trinajstić information content (AvgIpc) is 2.73. The first-order valence-electron chi connectivity index (χ1n) is 8.26. The molecular weight excluding hydrogens is 342 g/mol. The minimum Gasteiger partial charge on any atom is -0.480 e. The standard InChI is InChI=1S/C18H22BFO4S/c1-10-6-7-13-11(8-10)12(9-14(25-13)16(21)22)15(20)19-23-17(2,3)18(4,5)24-19/h6-8,14H,9H2,1-5H3,(H,21,22). The lowest BCUT2D eigenvalue weighted by atomic mass is 9.81. The Balaban J connectivity index is 2.06. The van der Waals surface area contributed by atoms with Gasteiger partial charge in [-0.2, -0.15) is 0 Å². The molecule has 4 nitrogen and oxygen atoms in total. The Morgan fingerprint density at radius 2 is 1.88 bits per heavy atom. The Hall–Kier alpha value is -1.31. The van der Waals surface area contributed by atoms with E-state index in [1.54, 1.807) is 0 Å². The van der Waals surface area contributed by atoms with Gasteiger partial charge in [0.15, 0.2) is 0 Å². The van der Waals surface area contributed by atoms with Crippen LogP contribution in [0.4, 0.5) is 4.39 Å². The van der Waals surface area contributed by atoms with E-state index < -0.39 is 35.3 Å². The van der Waals surface area contributed by atoms with Crippen LogP contribution in [0.1, 0.15) is 45.2 Å². The van der Waals surface area contributed by atoms with Crippen LogP contribution in [0.3, 0.4) is 0 Å². The number of benzene rings is 1. The molecule has 25 heavy (non-hydrogen) atoms. The van der Waals surface area contributed by atoms with Crippen LogP contribution < -0.4 is 0 Å². The van der Waals surface area contributed by atoms with Crippen LogP contribution in [0, 0.1) is 6.92 Å². The van der Waals surface area contributed by atoms with Crippen LogP contribution in [0.5, 0.6) is 0 Å². The van der Waals surface area contributed by atoms with E-state index in [0.717, 1.165) is 16.0 Å². The molecule has 2 aliphatic heterocycles. The molecule has 3 rings (SSSR count). The van der Waals surface area contributed by atoms with Crippen molar-refractivity contribution < 1.29 is 23.6 Å². The summed E-state index contributed by atoms with van der Waals surface area (Å²) in [4.78, 5) is 12.3. The Morgan fingerprint density at radius 3 is 2.44 bits per heavy atom. The summed E-state index contributed by atoms with van der Waals surface area (Å²) in [6.07, 6.45) is 0.104. The SMILES string of the molecule is Cc1ccc2c(c1)C(=C(F)B1OC(C)(C)C(C)(C)O1)CC(C(=O)O)S2. The number of allylic oxidation sites excluding steroid dienone is 1. The third-order valence-corrected chi connectivity index (χ3v) is 6.41. The molecule has 0 bridgehead atoms. The molecule has 0 spiro atoms. The minimum absolute atomic E-state index is 0.104. The van der Waals surface area contributed by atoms with Crippen molar-refractivity contribution in [2.75, 3.05) is 0 Å². The lowest BCUT2D eigenvalue weighted by Crippen LogP contribution is -2.41. The van der Waals surface area contributed by atoms with Crippen LogP contribution in [0.25, 0.3) is 5.57 Å². The highest BCUT2D eigenvalue weighted by Crippen LogP contribution is 2.46. The fourth-order valence-corrected chi connectivity index (χ4v) is 4.04. The summed E-state index contributed by atoms with van der Waals surface area (Å²) in [5.74, 6) is -0.949. The molecule has 1 fully saturated rings. The summed E-state index contributed by atoms with van der Waals surface area (Å²) in [5.41, 5.74) is 0.253. The Kier molecular flexibility index (Phi) is 4.54. The zero-order chi connectivity index (χ0) is 18.6. The molecule has 1 aromatic rings. The van der Waals surface area contributed by atoms with Gasteiger partial charge in [-0.05, 0) is 58.2 Å². The molecule has 1 aromatic carbocycles. The van der Waals surface area contributed by atoms with Crippen LogP contribution >= 0.6 is 11.8 Å². The van der Waals surface area contributed by atoms with Crippen molar-refractivity contribution in [3.63, 3.8) is 0 Å². The fourth-order valence-electron chi connectivity index (χ4n) is 2.93. The topological polar surface area (TPSA) is 55.8 Å². The van der Waals surface area contributed by atoms with Crippen LogP contribution in [-0.4, -0.2) is 34.6 Å². The van der Waals surface area contributed by atoms with Gasteiger partial charge in [-0.25, -0.2) is 4.39 Å². The molecular formula is C18H22BFO4S. The van der Waals surface area contributed by atoms with E-state index >= 15 is 4.39 Å². The Labute approximate surface area is 151 Å². The Morgan fingerprint density at radius 1 is 1.28 bits per heavy atom. The molecule has 0 aliphatic carbocycles. The number of rotatable bonds is 2. The molecule has 1 saturated heterocycles. The highest BCUT2D eigenvalue weighted by molar-refractivity contribution is 8.00. The van der Waals surface area contributed by atoms with Gasteiger partial charge in [-0.1, -0.05) is 17.7 Å². The molecule has 134 valence electrons. The first-order chi connectivity index (χ1) is 11.5. The number of hydrogen-bond acceptors (Lipinski definition) is 4. The first kappa shape index (κ1) is 18.5. The molecule has 0 amide bonds. The van der Waals surface area contributed by atoms with E-state index in [9.17, 15) is 9.90 Å². The second kappa shape index (κ2) is 6.14. The van der Waals surface area contributed by atoms with Gasteiger partial charge < -0.3 is 14.4 Å². The molecule has 0 radical (unpaired) electrons. The highest BCUT2D eigenvalue weighted by atomic mass is 32.2. The quantitative estimate of drug-likeness (QED) is 0.795. The number of aliphatic carboxylic acids is 1. The summed E-state index contributed by atoms with van der Waals surface area (Å²) >= 11 is 1.26. The fraction of sp³-hybridized carbons (Fsp3) is 0.500. The lowest BCUT2D eigenvalue weighted by Gasteiger charge is -2.32. The molecule has 1 N–H and O–H groups in total. The van der Waals surface area contributed by atoms with Crippen molar-refractivity contribution in [3.8, 4) is 0 Å². The monoisotopic (exact) mass is 364 g/mol.